The molecule has 0 aliphatic carbocycles. The lowest BCUT2D eigenvalue weighted by Crippen LogP contribution is -2.00. The van der Waals surface area contributed by atoms with E-state index in [0.717, 1.165) is 17.3 Å². The van der Waals surface area contributed by atoms with Gasteiger partial charge in [0.05, 0.1) is 0 Å². The SMILES string of the molecule is Cc1c(CS)cc(CS)c(C)c1CS. The Morgan fingerprint density at radius 3 is 1.57 bits per heavy atom. The highest BCUT2D eigenvalue weighted by atomic mass is 32.1. The highest BCUT2D eigenvalue weighted by Gasteiger charge is 2.09. The normalized spacial score (nSPS) is 10.6. The molecule has 1 aromatic rings. The Hall–Kier alpha value is 0.270. The zero-order valence-electron chi connectivity index (χ0n) is 8.54. The molecule has 0 fully saturated rings. The minimum atomic E-state index is 0.785. The molecular weight excluding hydrogens is 228 g/mol. The topological polar surface area (TPSA) is 0 Å². The van der Waals surface area contributed by atoms with Gasteiger partial charge in [-0.2, -0.15) is 37.9 Å². The van der Waals surface area contributed by atoms with E-state index in [9.17, 15) is 0 Å². The lowest BCUT2D eigenvalue weighted by atomic mass is 9.95. The van der Waals surface area contributed by atoms with E-state index >= 15 is 0 Å². The number of thiol groups is 3. The predicted molar refractivity (Wildman–Crippen MR) is 74.0 cm³/mol. The van der Waals surface area contributed by atoms with Gasteiger partial charge in [-0.15, -0.1) is 0 Å². The van der Waals surface area contributed by atoms with Gasteiger partial charge in [0.1, 0.15) is 0 Å². The quantitative estimate of drug-likeness (QED) is 0.665. The second kappa shape index (κ2) is 5.38. The van der Waals surface area contributed by atoms with Crippen LogP contribution in [0.25, 0.3) is 0 Å². The average molecular weight is 244 g/mol. The van der Waals surface area contributed by atoms with E-state index in [1.165, 1.54) is 27.8 Å². The van der Waals surface area contributed by atoms with E-state index in [0.29, 0.717) is 0 Å². The van der Waals surface area contributed by atoms with Crippen molar-refractivity contribution in [2.24, 2.45) is 0 Å². The van der Waals surface area contributed by atoms with Gasteiger partial charge in [-0.05, 0) is 41.7 Å². The van der Waals surface area contributed by atoms with Crippen molar-refractivity contribution in [3.63, 3.8) is 0 Å². The third kappa shape index (κ3) is 2.26. The Morgan fingerprint density at radius 1 is 0.857 bits per heavy atom. The third-order valence-electron chi connectivity index (χ3n) is 2.72. The smallest absolute Gasteiger partial charge is 0.0159 e. The Bertz CT molecular complexity index is 304. The Labute approximate surface area is 103 Å². The number of rotatable bonds is 3. The van der Waals surface area contributed by atoms with Gasteiger partial charge in [-0.3, -0.25) is 0 Å². The van der Waals surface area contributed by atoms with Crippen molar-refractivity contribution in [2.75, 3.05) is 0 Å². The maximum Gasteiger partial charge on any atom is 0.0159 e. The molecule has 0 saturated carbocycles. The summed E-state index contributed by atoms with van der Waals surface area (Å²) < 4.78 is 0. The summed E-state index contributed by atoms with van der Waals surface area (Å²) in [4.78, 5) is 0. The van der Waals surface area contributed by atoms with Gasteiger partial charge in [0.15, 0.2) is 0 Å². The first-order valence-electron chi connectivity index (χ1n) is 4.59. The monoisotopic (exact) mass is 244 g/mol. The van der Waals surface area contributed by atoms with Crippen LogP contribution in [0.1, 0.15) is 27.8 Å². The van der Waals surface area contributed by atoms with Crippen LogP contribution in [0.15, 0.2) is 6.07 Å². The first kappa shape index (κ1) is 12.3. The molecule has 0 heterocycles. The van der Waals surface area contributed by atoms with Gasteiger partial charge in [-0.1, -0.05) is 6.07 Å². The second-order valence-corrected chi connectivity index (χ2v) is 4.35. The van der Waals surface area contributed by atoms with Gasteiger partial charge in [-0.25, -0.2) is 0 Å². The third-order valence-corrected chi connectivity index (χ3v) is 3.71. The summed E-state index contributed by atoms with van der Waals surface area (Å²) in [7, 11) is 0. The van der Waals surface area contributed by atoms with Crippen LogP contribution in [0.3, 0.4) is 0 Å². The van der Waals surface area contributed by atoms with E-state index in [1.54, 1.807) is 0 Å². The van der Waals surface area contributed by atoms with Crippen LogP contribution < -0.4 is 0 Å². The van der Waals surface area contributed by atoms with Crippen LogP contribution in [0.4, 0.5) is 0 Å². The Morgan fingerprint density at radius 2 is 1.29 bits per heavy atom. The number of benzene rings is 1. The summed E-state index contributed by atoms with van der Waals surface area (Å²) in [6.07, 6.45) is 0. The lowest BCUT2D eigenvalue weighted by molar-refractivity contribution is 1.15. The fourth-order valence-corrected chi connectivity index (χ4v) is 2.79. The zero-order valence-corrected chi connectivity index (χ0v) is 11.2. The van der Waals surface area contributed by atoms with Crippen LogP contribution in [-0.2, 0) is 17.3 Å². The van der Waals surface area contributed by atoms with Gasteiger partial charge in [0, 0.05) is 17.3 Å². The summed E-state index contributed by atoms with van der Waals surface area (Å²) in [6, 6.07) is 2.21. The summed E-state index contributed by atoms with van der Waals surface area (Å²) >= 11 is 13.0. The van der Waals surface area contributed by atoms with E-state index in [2.05, 4.69) is 57.8 Å². The zero-order chi connectivity index (χ0) is 10.7. The van der Waals surface area contributed by atoms with Crippen molar-refractivity contribution < 1.29 is 0 Å². The molecule has 0 radical (unpaired) electrons. The lowest BCUT2D eigenvalue weighted by Gasteiger charge is -2.15. The minimum Gasteiger partial charge on any atom is -0.175 e. The summed E-state index contributed by atoms with van der Waals surface area (Å²) in [6.45, 7) is 4.29. The number of hydrogen-bond acceptors (Lipinski definition) is 3. The highest BCUT2D eigenvalue weighted by Crippen LogP contribution is 2.25. The molecule has 0 nitrogen and oxygen atoms in total. The summed E-state index contributed by atoms with van der Waals surface area (Å²) in [5.41, 5.74) is 6.60. The van der Waals surface area contributed by atoms with Crippen molar-refractivity contribution in [2.45, 2.75) is 31.1 Å². The number of hydrogen-bond donors (Lipinski definition) is 3. The molecule has 0 aliphatic heterocycles. The summed E-state index contributed by atoms with van der Waals surface area (Å²) in [5, 5.41) is 0. The van der Waals surface area contributed by atoms with Gasteiger partial charge >= 0.3 is 0 Å². The maximum absolute atomic E-state index is 4.37. The van der Waals surface area contributed by atoms with Crippen molar-refractivity contribution in [3.05, 3.63) is 33.9 Å². The fourth-order valence-electron chi connectivity index (χ4n) is 1.66. The molecule has 0 atom stereocenters. The van der Waals surface area contributed by atoms with E-state index in [4.69, 9.17) is 0 Å². The Kier molecular flexibility index (Phi) is 4.74. The molecule has 0 bridgehead atoms. The van der Waals surface area contributed by atoms with Crippen LogP contribution >= 0.6 is 37.9 Å². The van der Waals surface area contributed by atoms with Crippen molar-refractivity contribution in [1.29, 1.82) is 0 Å². The maximum atomic E-state index is 4.37. The molecule has 0 unspecified atom stereocenters. The molecule has 14 heavy (non-hydrogen) atoms. The first-order valence-corrected chi connectivity index (χ1v) is 6.48. The van der Waals surface area contributed by atoms with E-state index in [1.807, 2.05) is 0 Å². The van der Waals surface area contributed by atoms with Crippen LogP contribution in [-0.4, -0.2) is 0 Å². The first-order chi connectivity index (χ1) is 6.65. The molecule has 3 heteroatoms. The predicted octanol–water partition coefficient (Wildman–Crippen LogP) is 3.59. The fraction of sp³-hybridized carbons (Fsp3) is 0.455. The van der Waals surface area contributed by atoms with Gasteiger partial charge < -0.3 is 0 Å². The van der Waals surface area contributed by atoms with Crippen LogP contribution in [0, 0.1) is 13.8 Å². The molecule has 0 aromatic heterocycles. The summed E-state index contributed by atoms with van der Waals surface area (Å²) in [5.74, 6) is 2.36. The molecule has 78 valence electrons. The molecule has 0 spiro atoms. The highest BCUT2D eigenvalue weighted by molar-refractivity contribution is 7.79. The minimum absolute atomic E-state index is 0.785. The molecule has 1 rings (SSSR count). The molecule has 0 N–H and O–H groups in total. The van der Waals surface area contributed by atoms with E-state index in [-0.39, 0.29) is 0 Å². The standard InChI is InChI=1S/C11H16S3/c1-7-9(4-12)3-10(5-13)8(2)11(7)6-14/h3,12-14H,4-6H2,1-2H3. The Balaban J connectivity index is 3.39. The molecule has 0 amide bonds. The second-order valence-electron chi connectivity index (χ2n) is 3.40. The van der Waals surface area contributed by atoms with Gasteiger partial charge in [0.25, 0.3) is 0 Å². The van der Waals surface area contributed by atoms with Gasteiger partial charge in [0.2, 0.25) is 0 Å². The molecular formula is C11H16S3. The van der Waals surface area contributed by atoms with Crippen LogP contribution in [0.5, 0.6) is 0 Å². The van der Waals surface area contributed by atoms with Crippen molar-refractivity contribution in [3.8, 4) is 0 Å². The van der Waals surface area contributed by atoms with Crippen molar-refractivity contribution in [1.82, 2.24) is 0 Å². The molecule has 0 aliphatic rings. The van der Waals surface area contributed by atoms with Crippen LogP contribution in [0.2, 0.25) is 0 Å². The molecule has 1 aromatic carbocycles. The average Bonchev–Trinajstić information content (AvgIpc) is 2.19. The van der Waals surface area contributed by atoms with Crippen molar-refractivity contribution >= 4 is 37.9 Å². The molecule has 0 saturated heterocycles. The largest absolute Gasteiger partial charge is 0.175 e. The van der Waals surface area contributed by atoms with E-state index < -0.39 is 0 Å².